The summed E-state index contributed by atoms with van der Waals surface area (Å²) in [5.74, 6) is 0.725. The molecule has 142 valence electrons. The number of nitrogens with zero attached hydrogens (tertiary/aromatic N) is 1. The number of nitrogens with one attached hydrogen (secondary N) is 1. The van der Waals surface area contributed by atoms with E-state index in [1.807, 2.05) is 0 Å². The van der Waals surface area contributed by atoms with Gasteiger partial charge in [0.25, 0.3) is 0 Å². The van der Waals surface area contributed by atoms with Crippen LogP contribution in [0.3, 0.4) is 0 Å². The molecule has 0 aromatic carbocycles. The molecule has 2 rings (SSSR count). The van der Waals surface area contributed by atoms with Gasteiger partial charge in [-0.2, -0.15) is 0 Å². The molecule has 1 saturated carbocycles. The van der Waals surface area contributed by atoms with Crippen LogP contribution < -0.4 is 0 Å². The third-order valence-electron chi connectivity index (χ3n) is 5.94. The molecule has 1 N–H and O–H groups in total. The Bertz CT molecular complexity index is 486. The van der Waals surface area contributed by atoms with Gasteiger partial charge in [0.1, 0.15) is 6.10 Å². The van der Waals surface area contributed by atoms with Crippen LogP contribution in [0.5, 0.6) is 0 Å². The summed E-state index contributed by atoms with van der Waals surface area (Å²) in [5.41, 5.74) is 1.99. The van der Waals surface area contributed by atoms with Crippen molar-refractivity contribution in [2.24, 2.45) is 5.92 Å². The van der Waals surface area contributed by atoms with Gasteiger partial charge in [0, 0.05) is 18.7 Å². The molecule has 0 spiro atoms. The maximum absolute atomic E-state index is 8.39. The highest BCUT2D eigenvalue weighted by Crippen LogP contribution is 2.36. The zero-order valence-electron chi connectivity index (χ0n) is 16.5. The fourth-order valence-electron chi connectivity index (χ4n) is 4.17. The van der Waals surface area contributed by atoms with Gasteiger partial charge >= 0.3 is 0 Å². The lowest BCUT2D eigenvalue weighted by Crippen LogP contribution is -2.35. The van der Waals surface area contributed by atoms with Gasteiger partial charge in [0.05, 0.1) is 6.10 Å². The van der Waals surface area contributed by atoms with Gasteiger partial charge in [-0.15, -0.1) is 0 Å². The number of hydrogen-bond donors (Lipinski definition) is 1. The molecule has 0 aromatic heterocycles. The predicted molar refractivity (Wildman–Crippen MR) is 104 cm³/mol. The van der Waals surface area contributed by atoms with Crippen molar-refractivity contribution in [1.82, 2.24) is 4.90 Å². The molecule has 4 nitrogen and oxygen atoms in total. The summed E-state index contributed by atoms with van der Waals surface area (Å²) in [6, 6.07) is 0.652. The summed E-state index contributed by atoms with van der Waals surface area (Å²) < 4.78 is 11.5. The van der Waals surface area contributed by atoms with E-state index in [9.17, 15) is 0 Å². The van der Waals surface area contributed by atoms with E-state index < -0.39 is 0 Å². The van der Waals surface area contributed by atoms with Crippen LogP contribution in [-0.4, -0.2) is 50.3 Å². The second-order valence-electron chi connectivity index (χ2n) is 7.76. The first-order chi connectivity index (χ1) is 12.0. The van der Waals surface area contributed by atoms with Gasteiger partial charge in [-0.05, 0) is 77.0 Å². The van der Waals surface area contributed by atoms with Gasteiger partial charge in [-0.1, -0.05) is 19.6 Å². The Morgan fingerprint density at radius 3 is 2.52 bits per heavy atom. The third-order valence-corrected chi connectivity index (χ3v) is 5.94. The Kier molecular flexibility index (Phi) is 7.70. The maximum Gasteiger partial charge on any atom is 0.213 e. The lowest BCUT2D eigenvalue weighted by atomic mass is 9.89. The van der Waals surface area contributed by atoms with Crippen molar-refractivity contribution in [3.8, 4) is 0 Å². The normalized spacial score (nSPS) is 27.9. The minimum atomic E-state index is 0.170. The van der Waals surface area contributed by atoms with E-state index in [4.69, 9.17) is 14.9 Å². The summed E-state index contributed by atoms with van der Waals surface area (Å²) in [6.07, 6.45) is 11.3. The van der Waals surface area contributed by atoms with Crippen molar-refractivity contribution >= 4 is 5.90 Å². The molecule has 0 aliphatic heterocycles. The second-order valence-corrected chi connectivity index (χ2v) is 7.76. The minimum Gasteiger partial charge on any atom is -0.474 e. The average molecular weight is 349 g/mol. The number of hydrogen-bond acceptors (Lipinski definition) is 4. The van der Waals surface area contributed by atoms with Crippen molar-refractivity contribution in [1.29, 1.82) is 5.41 Å². The summed E-state index contributed by atoms with van der Waals surface area (Å²) in [6.45, 7) is 6.35. The van der Waals surface area contributed by atoms with Crippen LogP contribution >= 0.6 is 0 Å². The molecule has 0 saturated heterocycles. The van der Waals surface area contributed by atoms with Crippen LogP contribution in [0.2, 0.25) is 0 Å². The average Bonchev–Trinajstić information content (AvgIpc) is 3.07. The first-order valence-corrected chi connectivity index (χ1v) is 9.80. The van der Waals surface area contributed by atoms with E-state index in [1.54, 1.807) is 7.11 Å². The predicted octanol–water partition coefficient (Wildman–Crippen LogP) is 4.56. The van der Waals surface area contributed by atoms with Crippen LogP contribution in [0.4, 0.5) is 0 Å². The van der Waals surface area contributed by atoms with Gasteiger partial charge in [0.15, 0.2) is 0 Å². The standard InChI is InChI=1S/C21H36N2O2/c1-6-18(24-5)14-16-8-7-9-20(16)15(2)21(22)25-19-12-10-17(11-13-19)23(3)4/h9,16-19,22H,2,6-8,10-14H2,1,3-5H3/t16-,17-,18-,19-/m1/s1. The van der Waals surface area contributed by atoms with E-state index in [2.05, 4.69) is 38.6 Å². The SMILES string of the molecule is C=C(C(=N)O[C@H]1CC[C@H](N(C)C)CC1)C1=CCC[C@@H]1C[C@@H](CC)OC. The summed E-state index contributed by atoms with van der Waals surface area (Å²) in [5, 5.41) is 8.39. The molecule has 0 aromatic rings. The molecule has 0 radical (unpaired) electrons. The summed E-state index contributed by atoms with van der Waals surface area (Å²) in [4.78, 5) is 2.30. The van der Waals surface area contributed by atoms with Crippen molar-refractivity contribution in [3.05, 3.63) is 23.8 Å². The molecule has 2 aliphatic rings. The molecule has 0 unspecified atom stereocenters. The molecular formula is C21H36N2O2. The van der Waals surface area contributed by atoms with E-state index in [0.29, 0.717) is 12.0 Å². The second kappa shape index (κ2) is 9.54. The van der Waals surface area contributed by atoms with Crippen LogP contribution in [0, 0.1) is 11.3 Å². The molecule has 0 heterocycles. The lowest BCUT2D eigenvalue weighted by molar-refractivity contribution is 0.0814. The number of allylic oxidation sites excluding steroid dienone is 1. The summed E-state index contributed by atoms with van der Waals surface area (Å²) in [7, 11) is 6.08. The van der Waals surface area contributed by atoms with Crippen molar-refractivity contribution in [2.45, 2.75) is 76.5 Å². The first kappa shape index (κ1) is 20.2. The minimum absolute atomic E-state index is 0.170. The van der Waals surface area contributed by atoms with E-state index >= 15 is 0 Å². The zero-order valence-corrected chi connectivity index (χ0v) is 16.5. The monoisotopic (exact) mass is 348 g/mol. The Hall–Kier alpha value is -1.13. The Balaban J connectivity index is 1.86. The molecule has 25 heavy (non-hydrogen) atoms. The highest BCUT2D eigenvalue weighted by Gasteiger charge is 2.29. The largest absolute Gasteiger partial charge is 0.474 e. The Labute approximate surface area is 153 Å². The van der Waals surface area contributed by atoms with Crippen LogP contribution in [0.15, 0.2) is 23.8 Å². The number of methoxy groups -OCH3 is 1. The van der Waals surface area contributed by atoms with Gasteiger partial charge in [-0.3, -0.25) is 5.41 Å². The number of ether oxygens (including phenoxy) is 2. The van der Waals surface area contributed by atoms with Crippen LogP contribution in [-0.2, 0) is 9.47 Å². The van der Waals surface area contributed by atoms with E-state index in [0.717, 1.165) is 56.9 Å². The van der Waals surface area contributed by atoms with E-state index in [-0.39, 0.29) is 18.1 Å². The molecule has 0 amide bonds. The quantitative estimate of drug-likeness (QED) is 0.516. The van der Waals surface area contributed by atoms with Crippen molar-refractivity contribution < 1.29 is 9.47 Å². The van der Waals surface area contributed by atoms with Crippen LogP contribution in [0.1, 0.15) is 58.3 Å². The summed E-state index contributed by atoms with van der Waals surface area (Å²) >= 11 is 0. The highest BCUT2D eigenvalue weighted by atomic mass is 16.5. The molecule has 2 atom stereocenters. The van der Waals surface area contributed by atoms with Gasteiger partial charge in [-0.25, -0.2) is 0 Å². The van der Waals surface area contributed by atoms with E-state index in [1.165, 1.54) is 5.57 Å². The zero-order chi connectivity index (χ0) is 18.4. The third kappa shape index (κ3) is 5.42. The van der Waals surface area contributed by atoms with Gasteiger partial charge in [0.2, 0.25) is 5.90 Å². The smallest absolute Gasteiger partial charge is 0.213 e. The van der Waals surface area contributed by atoms with Crippen molar-refractivity contribution in [2.75, 3.05) is 21.2 Å². The molecule has 2 aliphatic carbocycles. The fourth-order valence-corrected chi connectivity index (χ4v) is 4.17. The Morgan fingerprint density at radius 2 is 1.96 bits per heavy atom. The fraction of sp³-hybridized carbons (Fsp3) is 0.762. The molecular weight excluding hydrogens is 312 g/mol. The lowest BCUT2D eigenvalue weighted by Gasteiger charge is -2.33. The topological polar surface area (TPSA) is 45.5 Å². The molecule has 0 bridgehead atoms. The molecule has 4 heteroatoms. The van der Waals surface area contributed by atoms with Crippen molar-refractivity contribution in [3.63, 3.8) is 0 Å². The Morgan fingerprint density at radius 1 is 1.28 bits per heavy atom. The number of rotatable bonds is 8. The van der Waals surface area contributed by atoms with Crippen LogP contribution in [0.25, 0.3) is 0 Å². The maximum atomic E-state index is 8.39. The highest BCUT2D eigenvalue weighted by molar-refractivity contribution is 5.95. The first-order valence-electron chi connectivity index (χ1n) is 9.80. The van der Waals surface area contributed by atoms with Gasteiger partial charge < -0.3 is 14.4 Å². The molecule has 1 fully saturated rings.